The summed E-state index contributed by atoms with van der Waals surface area (Å²) >= 11 is 0. The molecule has 1 aliphatic heterocycles. The Morgan fingerprint density at radius 3 is 2.77 bits per heavy atom. The predicted octanol–water partition coefficient (Wildman–Crippen LogP) is 2.95. The largest absolute Gasteiger partial charge is 0.397 e. The molecule has 4 nitrogen and oxygen atoms in total. The fraction of sp³-hybridized carbons (Fsp3) is 0.733. The Labute approximate surface area is 127 Å². The van der Waals surface area contributed by atoms with Crippen molar-refractivity contribution in [1.82, 2.24) is 14.5 Å². The van der Waals surface area contributed by atoms with Gasteiger partial charge in [-0.15, -0.1) is 0 Å². The average Bonchev–Trinajstić information content (AvgIpc) is 3.13. The van der Waals surface area contributed by atoms with Gasteiger partial charge in [-0.05, 0) is 31.6 Å². The maximum Gasteiger partial charge on any atom is 0.397 e. The van der Waals surface area contributed by atoms with E-state index in [4.69, 9.17) is 0 Å². The average molecular weight is 315 g/mol. The number of alkyl halides is 3. The van der Waals surface area contributed by atoms with Crippen LogP contribution in [0.2, 0.25) is 0 Å². The number of imidazole rings is 1. The molecule has 0 aromatic carbocycles. The lowest BCUT2D eigenvalue weighted by atomic mass is 9.96. The molecule has 22 heavy (non-hydrogen) atoms. The van der Waals surface area contributed by atoms with E-state index in [1.54, 1.807) is 6.20 Å². The van der Waals surface area contributed by atoms with Gasteiger partial charge in [0.05, 0.1) is 0 Å². The van der Waals surface area contributed by atoms with Crippen LogP contribution in [0.4, 0.5) is 13.2 Å². The molecular formula is C15H20F3N3O. The van der Waals surface area contributed by atoms with E-state index >= 15 is 0 Å². The van der Waals surface area contributed by atoms with Crippen LogP contribution in [0.15, 0.2) is 12.4 Å². The van der Waals surface area contributed by atoms with Crippen molar-refractivity contribution >= 4 is 5.91 Å². The lowest BCUT2D eigenvalue weighted by Gasteiger charge is -2.33. The number of nitrogens with zero attached hydrogens (tertiary/aromatic N) is 3. The second-order valence-electron chi connectivity index (χ2n) is 6.35. The Balaban J connectivity index is 1.65. The smallest absolute Gasteiger partial charge is 0.342 e. The van der Waals surface area contributed by atoms with Crippen molar-refractivity contribution in [3.8, 4) is 0 Å². The second kappa shape index (κ2) is 5.93. The minimum Gasteiger partial charge on any atom is -0.342 e. The summed E-state index contributed by atoms with van der Waals surface area (Å²) in [6, 6.07) is 0. The first-order valence-corrected chi connectivity index (χ1v) is 7.78. The van der Waals surface area contributed by atoms with Gasteiger partial charge < -0.3 is 9.47 Å². The van der Waals surface area contributed by atoms with Gasteiger partial charge in [-0.1, -0.05) is 0 Å². The zero-order valence-corrected chi connectivity index (χ0v) is 12.4. The van der Waals surface area contributed by atoms with Gasteiger partial charge in [0.1, 0.15) is 12.2 Å². The molecule has 1 atom stereocenters. The molecule has 1 aromatic rings. The zero-order chi connectivity index (χ0) is 15.7. The highest BCUT2D eigenvalue weighted by Gasteiger charge is 2.36. The molecule has 1 amide bonds. The van der Waals surface area contributed by atoms with Gasteiger partial charge in [0.25, 0.3) is 0 Å². The normalized spacial score (nSPS) is 22.9. The molecule has 0 N–H and O–H groups in total. The first-order chi connectivity index (χ1) is 10.4. The summed E-state index contributed by atoms with van der Waals surface area (Å²) in [6.07, 6.45) is 1.95. The third kappa shape index (κ3) is 3.81. The summed E-state index contributed by atoms with van der Waals surface area (Å²) in [7, 11) is 0. The lowest BCUT2D eigenvalue weighted by Crippen LogP contribution is -2.41. The Kier molecular flexibility index (Phi) is 4.14. The van der Waals surface area contributed by atoms with Gasteiger partial charge >= 0.3 is 6.18 Å². The van der Waals surface area contributed by atoms with Crippen LogP contribution in [0.1, 0.15) is 43.8 Å². The summed E-state index contributed by atoms with van der Waals surface area (Å²) in [6.45, 7) is 1.69. The van der Waals surface area contributed by atoms with E-state index in [9.17, 15) is 18.0 Å². The van der Waals surface area contributed by atoms with Gasteiger partial charge in [-0.2, -0.15) is 13.2 Å². The van der Waals surface area contributed by atoms with Crippen molar-refractivity contribution in [3.63, 3.8) is 0 Å². The van der Waals surface area contributed by atoms with E-state index in [-0.39, 0.29) is 5.92 Å². The maximum atomic E-state index is 12.4. The highest BCUT2D eigenvalue weighted by molar-refractivity contribution is 5.77. The third-order valence-electron chi connectivity index (χ3n) is 4.39. The second-order valence-corrected chi connectivity index (χ2v) is 6.35. The molecule has 1 aliphatic carbocycles. The van der Waals surface area contributed by atoms with Crippen molar-refractivity contribution in [2.24, 2.45) is 5.92 Å². The molecule has 0 radical (unpaired) electrons. The van der Waals surface area contributed by atoms with Gasteiger partial charge in [0.15, 0.2) is 0 Å². The molecule has 3 rings (SSSR count). The van der Waals surface area contributed by atoms with Crippen molar-refractivity contribution in [2.45, 2.75) is 50.7 Å². The van der Waals surface area contributed by atoms with Crippen LogP contribution in [-0.2, 0) is 11.3 Å². The first kappa shape index (κ1) is 15.4. The number of hydrogen-bond donors (Lipinski definition) is 0. The topological polar surface area (TPSA) is 38.1 Å². The van der Waals surface area contributed by atoms with E-state index in [2.05, 4.69) is 9.55 Å². The fourth-order valence-electron chi connectivity index (χ4n) is 3.11. The number of carbonyl (C=O) groups excluding carboxylic acids is 1. The summed E-state index contributed by atoms with van der Waals surface area (Å²) in [4.78, 5) is 17.5. The number of carbonyl (C=O) groups is 1. The van der Waals surface area contributed by atoms with Crippen LogP contribution in [0, 0.1) is 5.92 Å². The van der Waals surface area contributed by atoms with E-state index in [1.165, 1.54) is 17.7 Å². The van der Waals surface area contributed by atoms with Crippen molar-refractivity contribution < 1.29 is 18.0 Å². The van der Waals surface area contributed by atoms with Crippen molar-refractivity contribution in [3.05, 3.63) is 18.2 Å². The zero-order valence-electron chi connectivity index (χ0n) is 12.4. The standard InChI is InChI=1S/C15H20F3N3O/c16-15(17,18)8-13(22)20-6-1-2-12(10-20)14-19-5-7-21(14)9-11-3-4-11/h5,7,11-12H,1-4,6,8-10H2/t12-/m0/s1. The maximum absolute atomic E-state index is 12.4. The molecule has 1 aromatic heterocycles. The van der Waals surface area contributed by atoms with Crippen LogP contribution in [-0.4, -0.2) is 39.6 Å². The number of halogens is 3. The molecule has 2 fully saturated rings. The van der Waals surface area contributed by atoms with Crippen molar-refractivity contribution in [2.75, 3.05) is 13.1 Å². The number of likely N-dealkylation sites (tertiary alicyclic amines) is 1. The minimum atomic E-state index is -4.44. The third-order valence-corrected chi connectivity index (χ3v) is 4.39. The monoisotopic (exact) mass is 315 g/mol. The van der Waals surface area contributed by atoms with Crippen LogP contribution < -0.4 is 0 Å². The molecule has 2 aliphatic rings. The molecule has 0 spiro atoms. The van der Waals surface area contributed by atoms with Crippen LogP contribution in [0.25, 0.3) is 0 Å². The van der Waals surface area contributed by atoms with Gasteiger partial charge in [-0.25, -0.2) is 4.98 Å². The minimum absolute atomic E-state index is 0.0414. The van der Waals surface area contributed by atoms with E-state index in [1.807, 2.05) is 6.20 Å². The highest BCUT2D eigenvalue weighted by atomic mass is 19.4. The van der Waals surface area contributed by atoms with Crippen LogP contribution in [0.5, 0.6) is 0 Å². The molecule has 0 unspecified atom stereocenters. The molecule has 122 valence electrons. The molecule has 1 saturated heterocycles. The van der Waals surface area contributed by atoms with Crippen molar-refractivity contribution in [1.29, 1.82) is 0 Å². The number of amides is 1. The van der Waals surface area contributed by atoms with Gasteiger partial charge in [-0.3, -0.25) is 4.79 Å². The number of piperidine rings is 1. The fourth-order valence-corrected chi connectivity index (χ4v) is 3.11. The van der Waals surface area contributed by atoms with E-state index in [0.717, 1.165) is 25.2 Å². The highest BCUT2D eigenvalue weighted by Crippen LogP contribution is 2.33. The Hall–Kier alpha value is -1.53. The number of hydrogen-bond acceptors (Lipinski definition) is 2. The number of aromatic nitrogens is 2. The summed E-state index contributed by atoms with van der Waals surface area (Å²) in [5.41, 5.74) is 0. The van der Waals surface area contributed by atoms with Gasteiger partial charge in [0, 0.05) is 37.9 Å². The first-order valence-electron chi connectivity index (χ1n) is 7.78. The summed E-state index contributed by atoms with van der Waals surface area (Å²) in [5.74, 6) is 0.841. The van der Waals surface area contributed by atoms with E-state index < -0.39 is 18.5 Å². The lowest BCUT2D eigenvalue weighted by molar-refractivity contribution is -0.162. The SMILES string of the molecule is O=C(CC(F)(F)F)N1CCC[C@H](c2nccn2CC2CC2)C1. The predicted molar refractivity (Wildman–Crippen MR) is 74.2 cm³/mol. The molecular weight excluding hydrogens is 295 g/mol. The molecule has 0 bridgehead atoms. The number of rotatable bonds is 4. The summed E-state index contributed by atoms with van der Waals surface area (Å²) < 4.78 is 39.3. The summed E-state index contributed by atoms with van der Waals surface area (Å²) in [5, 5.41) is 0. The Morgan fingerprint density at radius 1 is 1.32 bits per heavy atom. The van der Waals surface area contributed by atoms with E-state index in [0.29, 0.717) is 19.0 Å². The Morgan fingerprint density at radius 2 is 2.09 bits per heavy atom. The molecule has 1 saturated carbocycles. The molecule has 2 heterocycles. The van der Waals surface area contributed by atoms with Crippen LogP contribution >= 0.6 is 0 Å². The Bertz CT molecular complexity index is 536. The van der Waals surface area contributed by atoms with Gasteiger partial charge in [0.2, 0.25) is 5.91 Å². The van der Waals surface area contributed by atoms with Crippen LogP contribution in [0.3, 0.4) is 0 Å². The molecule has 7 heteroatoms. The quantitative estimate of drug-likeness (QED) is 0.857.